The molecule has 0 amide bonds. The minimum absolute atomic E-state index is 0.0263. The first-order valence-electron chi connectivity index (χ1n) is 13.9. The van der Waals surface area contributed by atoms with Crippen LogP contribution >= 0.6 is 8.60 Å². The number of fused-ring (bicyclic) bond motifs is 2. The van der Waals surface area contributed by atoms with Crippen LogP contribution in [-0.2, 0) is 32.6 Å². The van der Waals surface area contributed by atoms with Gasteiger partial charge in [0.2, 0.25) is 0 Å². The summed E-state index contributed by atoms with van der Waals surface area (Å²) in [5.41, 5.74) is 7.40. The van der Waals surface area contributed by atoms with E-state index >= 15 is 0 Å². The zero-order valence-corrected chi connectivity index (χ0v) is 26.9. The maximum atomic E-state index is 6.78. The zero-order chi connectivity index (χ0) is 28.1. The average Bonchev–Trinajstić information content (AvgIpc) is 2.70. The van der Waals surface area contributed by atoms with Crippen molar-refractivity contribution in [3.63, 3.8) is 0 Å². The molecule has 0 saturated carbocycles. The zero-order valence-electron chi connectivity index (χ0n) is 26.0. The minimum atomic E-state index is -1.64. The van der Waals surface area contributed by atoms with Gasteiger partial charge in [0.1, 0.15) is 11.5 Å². The van der Waals surface area contributed by atoms with Crippen molar-refractivity contribution >= 4 is 8.60 Å². The molecular weight excluding hydrogens is 475 g/mol. The van der Waals surface area contributed by atoms with Gasteiger partial charge >= 0.3 is 8.60 Å². The monoisotopic (exact) mass is 526 g/mol. The molecule has 1 aliphatic heterocycles. The third-order valence-electron chi connectivity index (χ3n) is 7.23. The van der Waals surface area contributed by atoms with Crippen LogP contribution < -0.4 is 9.05 Å². The highest BCUT2D eigenvalue weighted by Crippen LogP contribution is 2.53. The smallest absolute Gasteiger partial charge is 0.417 e. The molecular formula is C33H51O3P. The maximum Gasteiger partial charge on any atom is 0.463 e. The lowest BCUT2D eigenvalue weighted by Crippen LogP contribution is -2.22. The maximum absolute atomic E-state index is 6.78. The molecule has 0 aromatic heterocycles. The summed E-state index contributed by atoms with van der Waals surface area (Å²) >= 11 is 0. The van der Waals surface area contributed by atoms with E-state index in [1.165, 1.54) is 33.4 Å². The van der Waals surface area contributed by atoms with Crippen molar-refractivity contribution in [3.8, 4) is 11.5 Å². The Balaban J connectivity index is 2.40. The fourth-order valence-electron chi connectivity index (χ4n) is 4.47. The van der Waals surface area contributed by atoms with Crippen molar-refractivity contribution < 1.29 is 13.6 Å². The van der Waals surface area contributed by atoms with Crippen LogP contribution in [0, 0.1) is 0 Å². The normalized spacial score (nSPS) is 16.2. The summed E-state index contributed by atoms with van der Waals surface area (Å²) in [5.74, 6) is 1.86. The van der Waals surface area contributed by atoms with E-state index in [2.05, 4.69) is 121 Å². The topological polar surface area (TPSA) is 27.7 Å². The van der Waals surface area contributed by atoms with Gasteiger partial charge in [-0.3, -0.25) is 4.52 Å². The van der Waals surface area contributed by atoms with E-state index < -0.39 is 8.60 Å². The quantitative estimate of drug-likeness (QED) is 0.372. The van der Waals surface area contributed by atoms with Crippen molar-refractivity contribution in [2.24, 2.45) is 0 Å². The van der Waals surface area contributed by atoms with Gasteiger partial charge in [0.05, 0.1) is 6.10 Å². The van der Waals surface area contributed by atoms with E-state index in [-0.39, 0.29) is 27.8 Å². The second-order valence-corrected chi connectivity index (χ2v) is 16.0. The molecule has 0 N–H and O–H groups in total. The molecule has 0 spiro atoms. The first kappa shape index (κ1) is 30.0. The van der Waals surface area contributed by atoms with Gasteiger partial charge in [-0.2, -0.15) is 0 Å². The first-order chi connectivity index (χ1) is 16.7. The van der Waals surface area contributed by atoms with E-state index in [0.29, 0.717) is 0 Å². The van der Waals surface area contributed by atoms with Gasteiger partial charge in [0.25, 0.3) is 0 Å². The molecule has 2 aromatic rings. The number of rotatable bonds is 3. The molecule has 206 valence electrons. The Kier molecular flexibility index (Phi) is 8.26. The predicted octanol–water partition coefficient (Wildman–Crippen LogP) is 10.3. The number of hydrogen-bond donors (Lipinski definition) is 0. The molecule has 0 aliphatic carbocycles. The summed E-state index contributed by atoms with van der Waals surface area (Å²) in [4.78, 5) is 0. The molecule has 1 unspecified atom stereocenters. The van der Waals surface area contributed by atoms with Gasteiger partial charge in [-0.05, 0) is 57.3 Å². The lowest BCUT2D eigenvalue weighted by atomic mass is 9.76. The Hall–Kier alpha value is -1.57. The summed E-state index contributed by atoms with van der Waals surface area (Å²) in [6, 6.07) is 9.39. The predicted molar refractivity (Wildman–Crippen MR) is 160 cm³/mol. The Morgan fingerprint density at radius 2 is 1.05 bits per heavy atom. The highest BCUT2D eigenvalue weighted by molar-refractivity contribution is 7.42. The van der Waals surface area contributed by atoms with Crippen molar-refractivity contribution in [1.29, 1.82) is 0 Å². The minimum Gasteiger partial charge on any atom is -0.417 e. The van der Waals surface area contributed by atoms with Crippen LogP contribution in [0.2, 0.25) is 0 Å². The Bertz CT molecular complexity index is 1040. The summed E-state index contributed by atoms with van der Waals surface area (Å²) in [6.45, 7) is 31.5. The third-order valence-corrected chi connectivity index (χ3v) is 8.43. The third kappa shape index (κ3) is 6.90. The summed E-state index contributed by atoms with van der Waals surface area (Å²) in [7, 11) is -1.64. The molecule has 37 heavy (non-hydrogen) atoms. The van der Waals surface area contributed by atoms with Gasteiger partial charge < -0.3 is 9.05 Å². The molecule has 1 heterocycles. The Morgan fingerprint density at radius 3 is 1.35 bits per heavy atom. The molecule has 3 rings (SSSR count). The van der Waals surface area contributed by atoms with Crippen molar-refractivity contribution in [2.45, 2.75) is 138 Å². The molecule has 0 radical (unpaired) electrons. The summed E-state index contributed by atoms with van der Waals surface area (Å²) in [5, 5.41) is 0. The van der Waals surface area contributed by atoms with Crippen molar-refractivity contribution in [2.75, 3.05) is 0 Å². The van der Waals surface area contributed by atoms with E-state index in [9.17, 15) is 0 Å². The van der Waals surface area contributed by atoms with Crippen LogP contribution in [0.5, 0.6) is 11.5 Å². The van der Waals surface area contributed by atoms with Crippen LogP contribution in [0.25, 0.3) is 0 Å². The van der Waals surface area contributed by atoms with Gasteiger partial charge in [0.15, 0.2) is 0 Å². The van der Waals surface area contributed by atoms with Gasteiger partial charge in [-0.15, -0.1) is 0 Å². The number of hydrogen-bond acceptors (Lipinski definition) is 3. The van der Waals surface area contributed by atoms with E-state index in [4.69, 9.17) is 13.6 Å². The first-order valence-corrected chi connectivity index (χ1v) is 15.0. The van der Waals surface area contributed by atoms with E-state index in [1.807, 2.05) is 0 Å². The summed E-state index contributed by atoms with van der Waals surface area (Å²) < 4.78 is 20.0. The molecule has 4 heteroatoms. The SMILES string of the molecule is CCC(C)OP1Oc2c(cc(C(C)(C)C)cc2C(C)(C)C)Cc2cc(C(C)(C)C)cc(C(C)(C)C)c2O1. The van der Waals surface area contributed by atoms with Crippen LogP contribution in [0.4, 0.5) is 0 Å². The molecule has 0 bridgehead atoms. The highest BCUT2D eigenvalue weighted by atomic mass is 31.2. The van der Waals surface area contributed by atoms with Crippen LogP contribution in [0.3, 0.4) is 0 Å². The Morgan fingerprint density at radius 1 is 0.676 bits per heavy atom. The van der Waals surface area contributed by atoms with Gasteiger partial charge in [-0.25, -0.2) is 0 Å². The molecule has 2 aromatic carbocycles. The van der Waals surface area contributed by atoms with Crippen LogP contribution in [0.15, 0.2) is 24.3 Å². The highest BCUT2D eigenvalue weighted by Gasteiger charge is 2.35. The average molecular weight is 527 g/mol. The van der Waals surface area contributed by atoms with Crippen molar-refractivity contribution in [3.05, 3.63) is 57.6 Å². The Labute approximate surface area is 228 Å². The van der Waals surface area contributed by atoms with Gasteiger partial charge in [0, 0.05) is 17.5 Å². The van der Waals surface area contributed by atoms with Crippen LogP contribution in [0.1, 0.15) is 137 Å². The fourth-order valence-corrected chi connectivity index (χ4v) is 5.77. The molecule has 0 fully saturated rings. The fraction of sp³-hybridized carbons (Fsp3) is 0.636. The van der Waals surface area contributed by atoms with E-state index in [1.54, 1.807) is 0 Å². The van der Waals surface area contributed by atoms with Crippen LogP contribution in [-0.4, -0.2) is 6.10 Å². The van der Waals surface area contributed by atoms with Gasteiger partial charge in [-0.1, -0.05) is 114 Å². The standard InChI is InChI=1S/C33H51O3P/c1-15-21(2)34-37-35-28-22(17-24(30(3,4)5)19-26(28)32(9,10)11)16-23-18-25(31(6,7)8)20-27(29(23)36-37)33(12,13)14/h17-21H,15-16H2,1-14H3. The lowest BCUT2D eigenvalue weighted by molar-refractivity contribution is 0.187. The van der Waals surface area contributed by atoms with E-state index in [0.717, 1.165) is 24.3 Å². The summed E-state index contributed by atoms with van der Waals surface area (Å²) in [6.07, 6.45) is 1.70. The molecule has 3 nitrogen and oxygen atoms in total. The molecule has 0 saturated heterocycles. The second kappa shape index (κ2) is 10.2. The number of benzene rings is 2. The second-order valence-electron chi connectivity index (χ2n) is 14.9. The van der Waals surface area contributed by atoms with Crippen molar-refractivity contribution in [1.82, 2.24) is 0 Å². The molecule has 1 aliphatic rings. The largest absolute Gasteiger partial charge is 0.463 e. The molecule has 1 atom stereocenters. The lowest BCUT2D eigenvalue weighted by Gasteiger charge is -2.35.